The van der Waals surface area contributed by atoms with Gasteiger partial charge in [0, 0.05) is 12.0 Å². The Morgan fingerprint density at radius 3 is 2.79 bits per heavy atom. The molecule has 0 unspecified atom stereocenters. The molecule has 2 rings (SSSR count). The van der Waals surface area contributed by atoms with Gasteiger partial charge in [0.25, 0.3) is 0 Å². The minimum Gasteiger partial charge on any atom is -0.469 e. The highest BCUT2D eigenvalue weighted by Crippen LogP contribution is 2.41. The zero-order valence-corrected chi connectivity index (χ0v) is 7.21. The molecule has 0 fully saturated rings. The summed E-state index contributed by atoms with van der Waals surface area (Å²) in [5.41, 5.74) is 0.491. The molecule has 78 valence electrons. The van der Waals surface area contributed by atoms with Crippen LogP contribution in [-0.4, -0.2) is 11.3 Å². The Balaban J connectivity index is 2.26. The van der Waals surface area contributed by atoms with Crippen molar-refractivity contribution in [2.24, 2.45) is 5.92 Å². The van der Waals surface area contributed by atoms with Crippen LogP contribution in [0.1, 0.15) is 23.8 Å². The number of rotatable bonds is 0. The van der Waals surface area contributed by atoms with Crippen LogP contribution in [0.5, 0.6) is 0 Å². The van der Waals surface area contributed by atoms with Gasteiger partial charge >= 0.3 is 6.18 Å². The first-order valence-corrected chi connectivity index (χ1v) is 4.29. The van der Waals surface area contributed by atoms with Crippen LogP contribution in [0.2, 0.25) is 0 Å². The van der Waals surface area contributed by atoms with Gasteiger partial charge in [-0.2, -0.15) is 13.2 Å². The summed E-state index contributed by atoms with van der Waals surface area (Å²) in [4.78, 5) is 0. The Morgan fingerprint density at radius 2 is 2.14 bits per heavy atom. The number of furan rings is 1. The maximum absolute atomic E-state index is 12.4. The molecule has 0 saturated heterocycles. The standard InChI is InChI=1S/C9H9F3O2/c10-9(11,12)5-3-7(13)6-1-2-14-8(6)4-5/h1-2,5,7,13H,3-4H2/t5-,7-/m1/s1. The van der Waals surface area contributed by atoms with Gasteiger partial charge in [-0.1, -0.05) is 0 Å². The Morgan fingerprint density at radius 1 is 1.43 bits per heavy atom. The van der Waals surface area contributed by atoms with Gasteiger partial charge in [-0.15, -0.1) is 0 Å². The quantitative estimate of drug-likeness (QED) is 0.707. The van der Waals surface area contributed by atoms with E-state index in [1.54, 1.807) is 0 Å². The molecule has 14 heavy (non-hydrogen) atoms. The van der Waals surface area contributed by atoms with Crippen LogP contribution in [0, 0.1) is 5.92 Å². The normalized spacial score (nSPS) is 27.4. The van der Waals surface area contributed by atoms with E-state index < -0.39 is 18.2 Å². The maximum Gasteiger partial charge on any atom is 0.392 e. The molecule has 2 nitrogen and oxygen atoms in total. The molecule has 0 radical (unpaired) electrons. The molecule has 1 aromatic rings. The van der Waals surface area contributed by atoms with Crippen LogP contribution in [0.15, 0.2) is 16.7 Å². The summed E-state index contributed by atoms with van der Waals surface area (Å²) in [6.45, 7) is 0. The van der Waals surface area contributed by atoms with Crippen LogP contribution in [0.25, 0.3) is 0 Å². The van der Waals surface area contributed by atoms with E-state index in [2.05, 4.69) is 0 Å². The molecule has 5 heteroatoms. The van der Waals surface area contributed by atoms with Gasteiger partial charge in [0.05, 0.1) is 18.3 Å². The van der Waals surface area contributed by atoms with Crippen LogP contribution in [0.4, 0.5) is 13.2 Å². The van der Waals surface area contributed by atoms with Gasteiger partial charge in [0.1, 0.15) is 5.76 Å². The molecule has 0 amide bonds. The van der Waals surface area contributed by atoms with Crippen molar-refractivity contribution in [3.63, 3.8) is 0 Å². The Kier molecular flexibility index (Phi) is 2.06. The second kappa shape index (κ2) is 3.02. The van der Waals surface area contributed by atoms with E-state index in [0.717, 1.165) is 0 Å². The van der Waals surface area contributed by atoms with Gasteiger partial charge in [-0.3, -0.25) is 0 Å². The van der Waals surface area contributed by atoms with Crippen molar-refractivity contribution in [3.8, 4) is 0 Å². The van der Waals surface area contributed by atoms with E-state index in [0.29, 0.717) is 5.56 Å². The fourth-order valence-electron chi connectivity index (χ4n) is 1.77. The lowest BCUT2D eigenvalue weighted by molar-refractivity contribution is -0.185. The molecule has 0 aliphatic heterocycles. The molecule has 0 bridgehead atoms. The molecular weight excluding hydrogens is 197 g/mol. The zero-order valence-electron chi connectivity index (χ0n) is 7.21. The molecule has 1 heterocycles. The highest BCUT2D eigenvalue weighted by Gasteiger charge is 2.44. The van der Waals surface area contributed by atoms with Crippen molar-refractivity contribution in [3.05, 3.63) is 23.7 Å². The third-order valence-electron chi connectivity index (χ3n) is 2.54. The lowest BCUT2D eigenvalue weighted by atomic mass is 9.86. The fourth-order valence-corrected chi connectivity index (χ4v) is 1.77. The first-order valence-electron chi connectivity index (χ1n) is 4.29. The van der Waals surface area contributed by atoms with Crippen LogP contribution < -0.4 is 0 Å². The average Bonchev–Trinajstić information content (AvgIpc) is 2.50. The number of aliphatic hydroxyl groups is 1. The average molecular weight is 206 g/mol. The Bertz CT molecular complexity index is 329. The third kappa shape index (κ3) is 1.52. The lowest BCUT2D eigenvalue weighted by Gasteiger charge is -2.26. The van der Waals surface area contributed by atoms with E-state index in [9.17, 15) is 18.3 Å². The SMILES string of the molecule is O[C@@H]1C[C@@H](C(F)(F)F)Cc2occc21. The topological polar surface area (TPSA) is 33.4 Å². The van der Waals surface area contributed by atoms with Gasteiger partial charge in [0.15, 0.2) is 0 Å². The zero-order chi connectivity index (χ0) is 10.3. The van der Waals surface area contributed by atoms with Gasteiger partial charge in [-0.25, -0.2) is 0 Å². The van der Waals surface area contributed by atoms with Crippen molar-refractivity contribution in [2.45, 2.75) is 25.1 Å². The molecule has 2 atom stereocenters. The summed E-state index contributed by atoms with van der Waals surface area (Å²) in [6, 6.07) is 1.52. The molecule has 1 aliphatic rings. The van der Waals surface area contributed by atoms with Gasteiger partial charge < -0.3 is 9.52 Å². The van der Waals surface area contributed by atoms with E-state index in [1.165, 1.54) is 12.3 Å². The smallest absolute Gasteiger partial charge is 0.392 e. The second-order valence-corrected chi connectivity index (χ2v) is 3.49. The third-order valence-corrected chi connectivity index (χ3v) is 2.54. The summed E-state index contributed by atoms with van der Waals surface area (Å²) in [6.07, 6.45) is -4.43. The molecular formula is C9H9F3O2. The van der Waals surface area contributed by atoms with Crippen molar-refractivity contribution in [1.82, 2.24) is 0 Å². The molecule has 1 aliphatic carbocycles. The first-order chi connectivity index (χ1) is 6.48. The number of fused-ring (bicyclic) bond motifs is 1. The largest absolute Gasteiger partial charge is 0.469 e. The summed E-state index contributed by atoms with van der Waals surface area (Å²) in [5.74, 6) is -1.23. The van der Waals surface area contributed by atoms with Gasteiger partial charge in [0.2, 0.25) is 0 Å². The molecule has 1 aromatic heterocycles. The molecule has 1 N–H and O–H groups in total. The maximum atomic E-state index is 12.4. The van der Waals surface area contributed by atoms with Crippen molar-refractivity contribution in [2.75, 3.05) is 0 Å². The molecule has 0 spiro atoms. The molecule has 0 aromatic carbocycles. The van der Waals surface area contributed by atoms with Crippen molar-refractivity contribution in [1.29, 1.82) is 0 Å². The second-order valence-electron chi connectivity index (χ2n) is 3.49. The van der Waals surface area contributed by atoms with E-state index in [4.69, 9.17) is 4.42 Å². The summed E-state index contributed by atoms with van der Waals surface area (Å²) >= 11 is 0. The predicted molar refractivity (Wildman–Crippen MR) is 41.5 cm³/mol. The summed E-state index contributed by atoms with van der Waals surface area (Å²) in [5, 5.41) is 9.42. The molecule has 0 saturated carbocycles. The Labute approximate surface area is 78.3 Å². The Hall–Kier alpha value is -0.970. The number of alkyl halides is 3. The number of halogens is 3. The summed E-state index contributed by atoms with van der Waals surface area (Å²) in [7, 11) is 0. The fraction of sp³-hybridized carbons (Fsp3) is 0.556. The summed E-state index contributed by atoms with van der Waals surface area (Å²) < 4.78 is 42.0. The highest BCUT2D eigenvalue weighted by molar-refractivity contribution is 5.23. The van der Waals surface area contributed by atoms with Crippen molar-refractivity contribution >= 4 is 0 Å². The van der Waals surface area contributed by atoms with E-state index >= 15 is 0 Å². The van der Waals surface area contributed by atoms with Gasteiger partial charge in [-0.05, 0) is 12.5 Å². The highest BCUT2D eigenvalue weighted by atomic mass is 19.4. The predicted octanol–water partition coefficient (Wildman–Crippen LogP) is 2.44. The minimum absolute atomic E-state index is 0.164. The lowest BCUT2D eigenvalue weighted by Crippen LogP contribution is -2.30. The van der Waals surface area contributed by atoms with Crippen LogP contribution in [0.3, 0.4) is 0 Å². The van der Waals surface area contributed by atoms with E-state index in [-0.39, 0.29) is 18.6 Å². The van der Waals surface area contributed by atoms with Crippen molar-refractivity contribution < 1.29 is 22.7 Å². The van der Waals surface area contributed by atoms with E-state index in [1.807, 2.05) is 0 Å². The monoisotopic (exact) mass is 206 g/mol. The number of aliphatic hydroxyl groups excluding tert-OH is 1. The minimum atomic E-state index is -4.26. The first kappa shape index (κ1) is 9.58. The van der Waals surface area contributed by atoms with Crippen LogP contribution >= 0.6 is 0 Å². The number of hydrogen-bond acceptors (Lipinski definition) is 2. The van der Waals surface area contributed by atoms with Crippen LogP contribution in [-0.2, 0) is 6.42 Å². The number of hydrogen-bond donors (Lipinski definition) is 1.